The SMILES string of the molecule is Cc1cnn(CCC(=O)NCC(O)c2c(Cl)cccc2Cl)c1. The van der Waals surface area contributed by atoms with Crippen molar-refractivity contribution in [2.45, 2.75) is 26.0 Å². The smallest absolute Gasteiger partial charge is 0.221 e. The van der Waals surface area contributed by atoms with Crippen molar-refractivity contribution in [3.8, 4) is 0 Å². The molecule has 7 heteroatoms. The Hall–Kier alpha value is -1.56. The van der Waals surface area contributed by atoms with Crippen LogP contribution in [0.4, 0.5) is 0 Å². The van der Waals surface area contributed by atoms with Gasteiger partial charge in [0.15, 0.2) is 0 Å². The molecule has 0 radical (unpaired) electrons. The van der Waals surface area contributed by atoms with E-state index in [0.717, 1.165) is 5.56 Å². The predicted octanol–water partition coefficient (Wildman–Crippen LogP) is 2.74. The molecule has 0 saturated carbocycles. The molecular formula is C15H17Cl2N3O2. The highest BCUT2D eigenvalue weighted by atomic mass is 35.5. The molecular weight excluding hydrogens is 325 g/mol. The zero-order valence-electron chi connectivity index (χ0n) is 12.1. The summed E-state index contributed by atoms with van der Waals surface area (Å²) in [5, 5.41) is 17.6. The summed E-state index contributed by atoms with van der Waals surface area (Å²) in [5.74, 6) is -0.171. The Morgan fingerprint density at radius 2 is 2.09 bits per heavy atom. The molecule has 0 saturated heterocycles. The minimum atomic E-state index is -0.947. The lowest BCUT2D eigenvalue weighted by Gasteiger charge is -2.15. The van der Waals surface area contributed by atoms with Gasteiger partial charge in [-0.1, -0.05) is 29.3 Å². The molecule has 1 unspecified atom stereocenters. The van der Waals surface area contributed by atoms with E-state index in [4.69, 9.17) is 23.2 Å². The molecule has 0 spiro atoms. The first-order valence-corrected chi connectivity index (χ1v) is 7.60. The summed E-state index contributed by atoms with van der Waals surface area (Å²) in [7, 11) is 0. The van der Waals surface area contributed by atoms with Gasteiger partial charge in [-0.15, -0.1) is 0 Å². The number of halogens is 2. The number of aromatic nitrogens is 2. The second kappa shape index (κ2) is 7.63. The van der Waals surface area contributed by atoms with Gasteiger partial charge >= 0.3 is 0 Å². The second-order valence-electron chi connectivity index (χ2n) is 4.99. The molecule has 1 heterocycles. The second-order valence-corrected chi connectivity index (χ2v) is 5.80. The molecule has 0 bridgehead atoms. The molecule has 1 aromatic carbocycles. The number of carbonyl (C=O) groups is 1. The van der Waals surface area contributed by atoms with Gasteiger partial charge in [0.2, 0.25) is 5.91 Å². The Bertz CT molecular complexity index is 638. The number of benzene rings is 1. The summed E-state index contributed by atoms with van der Waals surface area (Å²) >= 11 is 12.0. The number of carbonyl (C=O) groups excluding carboxylic acids is 1. The van der Waals surface area contributed by atoms with Crippen molar-refractivity contribution in [1.29, 1.82) is 0 Å². The fraction of sp³-hybridized carbons (Fsp3) is 0.333. The first-order valence-electron chi connectivity index (χ1n) is 6.85. The van der Waals surface area contributed by atoms with Gasteiger partial charge in [0, 0.05) is 41.3 Å². The van der Waals surface area contributed by atoms with E-state index in [1.54, 1.807) is 29.1 Å². The molecule has 0 fully saturated rings. The summed E-state index contributed by atoms with van der Waals surface area (Å²) in [6.07, 6.45) is 2.94. The number of amides is 1. The molecule has 2 rings (SSSR count). The van der Waals surface area contributed by atoms with Gasteiger partial charge in [0.25, 0.3) is 0 Å². The number of nitrogens with zero attached hydrogens (tertiary/aromatic N) is 2. The van der Waals surface area contributed by atoms with Crippen LogP contribution in [0.3, 0.4) is 0 Å². The summed E-state index contributed by atoms with van der Waals surface area (Å²) < 4.78 is 1.70. The van der Waals surface area contributed by atoms with E-state index >= 15 is 0 Å². The van der Waals surface area contributed by atoms with Crippen LogP contribution < -0.4 is 5.32 Å². The van der Waals surface area contributed by atoms with E-state index < -0.39 is 6.10 Å². The van der Waals surface area contributed by atoms with Crippen LogP contribution in [0.1, 0.15) is 23.7 Å². The summed E-state index contributed by atoms with van der Waals surface area (Å²) in [5.41, 5.74) is 1.47. The van der Waals surface area contributed by atoms with Crippen molar-refractivity contribution in [1.82, 2.24) is 15.1 Å². The van der Waals surface area contributed by atoms with E-state index in [0.29, 0.717) is 22.2 Å². The summed E-state index contributed by atoms with van der Waals surface area (Å²) in [4.78, 5) is 11.8. The lowest BCUT2D eigenvalue weighted by Crippen LogP contribution is -2.29. The van der Waals surface area contributed by atoms with E-state index in [9.17, 15) is 9.90 Å². The number of aliphatic hydroxyl groups excluding tert-OH is 1. The minimum absolute atomic E-state index is 0.0560. The zero-order chi connectivity index (χ0) is 16.1. The van der Waals surface area contributed by atoms with E-state index in [2.05, 4.69) is 10.4 Å². The number of hydrogen-bond donors (Lipinski definition) is 2. The summed E-state index contributed by atoms with van der Waals surface area (Å²) in [6.45, 7) is 2.48. The van der Waals surface area contributed by atoms with Crippen LogP contribution in [0, 0.1) is 6.92 Å². The molecule has 118 valence electrons. The van der Waals surface area contributed by atoms with Crippen LogP contribution in [0.25, 0.3) is 0 Å². The van der Waals surface area contributed by atoms with E-state index in [1.165, 1.54) is 0 Å². The molecule has 1 aromatic heterocycles. The van der Waals surface area contributed by atoms with Crippen LogP contribution >= 0.6 is 23.2 Å². The van der Waals surface area contributed by atoms with Gasteiger partial charge in [0.1, 0.15) is 0 Å². The number of aliphatic hydroxyl groups is 1. The Morgan fingerprint density at radius 3 is 2.68 bits per heavy atom. The number of hydrogen-bond acceptors (Lipinski definition) is 3. The minimum Gasteiger partial charge on any atom is -0.386 e. The van der Waals surface area contributed by atoms with Crippen LogP contribution in [0.5, 0.6) is 0 Å². The number of rotatable bonds is 6. The molecule has 5 nitrogen and oxygen atoms in total. The third-order valence-electron chi connectivity index (χ3n) is 3.16. The van der Waals surface area contributed by atoms with Crippen molar-refractivity contribution in [3.05, 3.63) is 51.8 Å². The fourth-order valence-electron chi connectivity index (χ4n) is 2.04. The molecule has 0 aliphatic heterocycles. The molecule has 1 amide bonds. The predicted molar refractivity (Wildman–Crippen MR) is 86.0 cm³/mol. The first kappa shape index (κ1) is 16.8. The van der Waals surface area contributed by atoms with Crippen molar-refractivity contribution < 1.29 is 9.90 Å². The van der Waals surface area contributed by atoms with Gasteiger partial charge in [-0.2, -0.15) is 5.10 Å². The van der Waals surface area contributed by atoms with Crippen molar-refractivity contribution in [2.75, 3.05) is 6.54 Å². The normalized spacial score (nSPS) is 12.2. The molecule has 2 N–H and O–H groups in total. The number of nitrogens with one attached hydrogen (secondary N) is 1. The van der Waals surface area contributed by atoms with Gasteiger partial charge in [-0.05, 0) is 24.6 Å². The van der Waals surface area contributed by atoms with Gasteiger partial charge in [0.05, 0.1) is 12.3 Å². The maximum Gasteiger partial charge on any atom is 0.221 e. The average Bonchev–Trinajstić information content (AvgIpc) is 2.88. The standard InChI is InChI=1S/C15H17Cl2N3O2/c1-10-7-19-20(9-10)6-5-14(22)18-8-13(21)15-11(16)3-2-4-12(15)17/h2-4,7,9,13,21H,5-6,8H2,1H3,(H,18,22). The third-order valence-corrected chi connectivity index (χ3v) is 3.81. The van der Waals surface area contributed by atoms with Gasteiger partial charge in [-0.25, -0.2) is 0 Å². The highest BCUT2D eigenvalue weighted by molar-refractivity contribution is 6.36. The maximum absolute atomic E-state index is 11.8. The Labute approximate surface area is 138 Å². The highest BCUT2D eigenvalue weighted by Crippen LogP contribution is 2.29. The van der Waals surface area contributed by atoms with E-state index in [1.807, 2.05) is 13.1 Å². The van der Waals surface area contributed by atoms with E-state index in [-0.39, 0.29) is 18.9 Å². The molecule has 0 aliphatic rings. The highest BCUT2D eigenvalue weighted by Gasteiger charge is 2.16. The van der Waals surface area contributed by atoms with Crippen LogP contribution in [0.15, 0.2) is 30.6 Å². The first-order chi connectivity index (χ1) is 10.5. The van der Waals surface area contributed by atoms with Gasteiger partial charge < -0.3 is 10.4 Å². The van der Waals surface area contributed by atoms with Crippen molar-refractivity contribution in [3.63, 3.8) is 0 Å². The van der Waals surface area contributed by atoms with Crippen molar-refractivity contribution in [2.24, 2.45) is 0 Å². The molecule has 0 aliphatic carbocycles. The number of aryl methyl sites for hydroxylation is 2. The van der Waals surface area contributed by atoms with Gasteiger partial charge in [-0.3, -0.25) is 9.48 Å². The Morgan fingerprint density at radius 1 is 1.41 bits per heavy atom. The van der Waals surface area contributed by atoms with Crippen molar-refractivity contribution >= 4 is 29.1 Å². The summed E-state index contributed by atoms with van der Waals surface area (Å²) in [6, 6.07) is 4.99. The lowest BCUT2D eigenvalue weighted by molar-refractivity contribution is -0.121. The molecule has 22 heavy (non-hydrogen) atoms. The quantitative estimate of drug-likeness (QED) is 0.848. The fourth-order valence-corrected chi connectivity index (χ4v) is 2.68. The third kappa shape index (κ3) is 4.47. The van der Waals surface area contributed by atoms with Crippen LogP contribution in [-0.2, 0) is 11.3 Å². The zero-order valence-corrected chi connectivity index (χ0v) is 13.6. The Balaban J connectivity index is 1.83. The average molecular weight is 342 g/mol. The maximum atomic E-state index is 11.8. The Kier molecular flexibility index (Phi) is 5.83. The lowest BCUT2D eigenvalue weighted by atomic mass is 10.1. The monoisotopic (exact) mass is 341 g/mol. The van der Waals surface area contributed by atoms with Crippen LogP contribution in [0.2, 0.25) is 10.0 Å². The molecule has 2 aromatic rings. The topological polar surface area (TPSA) is 67.2 Å². The van der Waals surface area contributed by atoms with Crippen LogP contribution in [-0.4, -0.2) is 27.3 Å². The molecule has 1 atom stereocenters. The largest absolute Gasteiger partial charge is 0.386 e.